The molecule has 0 fully saturated rings. The summed E-state index contributed by atoms with van der Waals surface area (Å²) < 4.78 is 0. The van der Waals surface area contributed by atoms with E-state index in [2.05, 4.69) is 26.2 Å². The van der Waals surface area contributed by atoms with Gasteiger partial charge in [-0.05, 0) is 24.5 Å². The Bertz CT molecular complexity index is 192. The fourth-order valence-electron chi connectivity index (χ4n) is 0.795. The second-order valence-corrected chi connectivity index (χ2v) is 2.30. The van der Waals surface area contributed by atoms with Crippen LogP contribution < -0.4 is 0 Å². The lowest BCUT2D eigenvalue weighted by Gasteiger charge is -2.00. The quantitative estimate of drug-likeness (QED) is 0.534. The molecule has 0 radical (unpaired) electrons. The minimum absolute atomic E-state index is 1.01. The molecule has 0 heteroatoms. The van der Waals surface area contributed by atoms with Gasteiger partial charge in [-0.3, -0.25) is 0 Å². The van der Waals surface area contributed by atoms with E-state index in [9.17, 15) is 0 Å². The van der Waals surface area contributed by atoms with Crippen molar-refractivity contribution < 1.29 is 0 Å². The van der Waals surface area contributed by atoms with Crippen molar-refractivity contribution in [3.63, 3.8) is 0 Å². The molecule has 0 saturated heterocycles. The lowest BCUT2D eigenvalue weighted by molar-refractivity contribution is 1.13. The maximum Gasteiger partial charge on any atom is -0.0302 e. The van der Waals surface area contributed by atoms with Crippen molar-refractivity contribution in [1.82, 2.24) is 0 Å². The molecule has 11 heavy (non-hydrogen) atoms. The van der Waals surface area contributed by atoms with Gasteiger partial charge in [-0.1, -0.05) is 44.4 Å². The van der Waals surface area contributed by atoms with Crippen molar-refractivity contribution in [3.05, 3.63) is 48.6 Å². The van der Waals surface area contributed by atoms with E-state index in [1.54, 1.807) is 6.08 Å². The first-order valence-electron chi connectivity index (χ1n) is 3.89. The lowest BCUT2D eigenvalue weighted by Crippen LogP contribution is -1.80. The van der Waals surface area contributed by atoms with Gasteiger partial charge >= 0.3 is 0 Å². The van der Waals surface area contributed by atoms with Gasteiger partial charge in [0.05, 0.1) is 0 Å². The predicted molar refractivity (Wildman–Crippen MR) is 52.5 cm³/mol. The Morgan fingerprint density at radius 3 is 2.45 bits per heavy atom. The molecule has 0 rings (SSSR count). The van der Waals surface area contributed by atoms with Crippen LogP contribution in [-0.4, -0.2) is 0 Å². The summed E-state index contributed by atoms with van der Waals surface area (Å²) >= 11 is 0. The van der Waals surface area contributed by atoms with E-state index < -0.39 is 0 Å². The van der Waals surface area contributed by atoms with E-state index in [4.69, 9.17) is 0 Å². The van der Waals surface area contributed by atoms with Gasteiger partial charge in [-0.25, -0.2) is 0 Å². The first-order valence-corrected chi connectivity index (χ1v) is 3.89. The van der Waals surface area contributed by atoms with E-state index in [0.717, 1.165) is 12.0 Å². The average molecular weight is 148 g/mol. The van der Waals surface area contributed by atoms with Crippen molar-refractivity contribution >= 4 is 0 Å². The second kappa shape index (κ2) is 5.72. The normalized spacial score (nSPS) is 12.0. The maximum atomic E-state index is 3.88. The first kappa shape index (κ1) is 9.96. The molecule has 0 spiro atoms. The van der Waals surface area contributed by atoms with Crippen LogP contribution in [0.15, 0.2) is 48.6 Å². The standard InChI is InChI=1S/C11H16/c1-5-8-9-11(7-3)10(4)6-2/h5-6,8-9H,2,4,7H2,1,3H3/b8-5-,11-9+. The van der Waals surface area contributed by atoms with Crippen LogP contribution in [0.25, 0.3) is 0 Å². The predicted octanol–water partition coefficient (Wildman–Crippen LogP) is 3.64. The number of hydrogen-bond acceptors (Lipinski definition) is 0. The topological polar surface area (TPSA) is 0 Å². The summed E-state index contributed by atoms with van der Waals surface area (Å²) in [4.78, 5) is 0. The molecule has 0 unspecified atom stereocenters. The van der Waals surface area contributed by atoms with Crippen molar-refractivity contribution in [2.45, 2.75) is 20.3 Å². The zero-order valence-electron chi connectivity index (χ0n) is 7.43. The van der Waals surface area contributed by atoms with Gasteiger partial charge in [0.25, 0.3) is 0 Å². The summed E-state index contributed by atoms with van der Waals surface area (Å²) in [5, 5.41) is 0. The Hall–Kier alpha value is -1.04. The summed E-state index contributed by atoms with van der Waals surface area (Å²) in [7, 11) is 0. The van der Waals surface area contributed by atoms with Crippen molar-refractivity contribution in [2.75, 3.05) is 0 Å². The second-order valence-electron chi connectivity index (χ2n) is 2.30. The van der Waals surface area contributed by atoms with E-state index in [1.807, 2.05) is 19.1 Å². The van der Waals surface area contributed by atoms with Gasteiger partial charge in [0.1, 0.15) is 0 Å². The van der Waals surface area contributed by atoms with Crippen LogP contribution in [0.1, 0.15) is 20.3 Å². The van der Waals surface area contributed by atoms with Crippen molar-refractivity contribution in [1.29, 1.82) is 0 Å². The minimum atomic E-state index is 1.01. The minimum Gasteiger partial charge on any atom is -0.0985 e. The van der Waals surface area contributed by atoms with E-state index in [0.29, 0.717) is 0 Å². The van der Waals surface area contributed by atoms with Gasteiger partial charge in [0, 0.05) is 0 Å². The van der Waals surface area contributed by atoms with Gasteiger partial charge in [-0.15, -0.1) is 0 Å². The molecule has 0 saturated carbocycles. The third-order valence-corrected chi connectivity index (χ3v) is 1.53. The Balaban J connectivity index is 4.38. The molecule has 0 aromatic carbocycles. The van der Waals surface area contributed by atoms with Gasteiger partial charge in [0.2, 0.25) is 0 Å². The van der Waals surface area contributed by atoms with Crippen LogP contribution >= 0.6 is 0 Å². The largest absolute Gasteiger partial charge is 0.0985 e. The smallest absolute Gasteiger partial charge is 0.0302 e. The van der Waals surface area contributed by atoms with E-state index >= 15 is 0 Å². The SMILES string of the molecule is C=CC(=C)/C(=C/C=C\C)CC. The Morgan fingerprint density at radius 2 is 2.09 bits per heavy atom. The molecule has 0 aliphatic carbocycles. The van der Waals surface area contributed by atoms with Crippen molar-refractivity contribution in [3.8, 4) is 0 Å². The number of hydrogen-bond donors (Lipinski definition) is 0. The molecular weight excluding hydrogens is 132 g/mol. The van der Waals surface area contributed by atoms with Crippen molar-refractivity contribution in [2.24, 2.45) is 0 Å². The summed E-state index contributed by atoms with van der Waals surface area (Å²) in [6.45, 7) is 11.7. The third kappa shape index (κ3) is 3.61. The molecule has 0 bridgehead atoms. The highest BCUT2D eigenvalue weighted by Gasteiger charge is 1.92. The molecule has 60 valence electrons. The van der Waals surface area contributed by atoms with Crippen LogP contribution in [0.2, 0.25) is 0 Å². The van der Waals surface area contributed by atoms with E-state index in [-0.39, 0.29) is 0 Å². The molecule has 0 nitrogen and oxygen atoms in total. The first-order chi connectivity index (χ1) is 5.26. The third-order valence-electron chi connectivity index (χ3n) is 1.53. The monoisotopic (exact) mass is 148 g/mol. The Morgan fingerprint density at radius 1 is 1.45 bits per heavy atom. The zero-order chi connectivity index (χ0) is 8.69. The van der Waals surface area contributed by atoms with Gasteiger partial charge < -0.3 is 0 Å². The molecule has 0 atom stereocenters. The fourth-order valence-corrected chi connectivity index (χ4v) is 0.795. The van der Waals surface area contributed by atoms with Crippen LogP contribution in [0.3, 0.4) is 0 Å². The molecule has 0 aromatic rings. The molecular formula is C11H16. The Labute approximate surface area is 69.6 Å². The summed E-state index contributed by atoms with van der Waals surface area (Å²) in [5.74, 6) is 0. The van der Waals surface area contributed by atoms with Crippen LogP contribution in [0.4, 0.5) is 0 Å². The van der Waals surface area contributed by atoms with Crippen LogP contribution in [-0.2, 0) is 0 Å². The Kier molecular flexibility index (Phi) is 5.18. The lowest BCUT2D eigenvalue weighted by atomic mass is 10.1. The average Bonchev–Trinajstić information content (AvgIpc) is 2.05. The summed E-state index contributed by atoms with van der Waals surface area (Å²) in [5.41, 5.74) is 2.27. The van der Waals surface area contributed by atoms with Crippen LogP contribution in [0.5, 0.6) is 0 Å². The van der Waals surface area contributed by atoms with Gasteiger partial charge in [0.15, 0.2) is 0 Å². The highest BCUT2D eigenvalue weighted by Crippen LogP contribution is 2.12. The number of rotatable bonds is 4. The zero-order valence-corrected chi connectivity index (χ0v) is 7.43. The van der Waals surface area contributed by atoms with E-state index in [1.165, 1.54) is 5.57 Å². The summed E-state index contributed by atoms with van der Waals surface area (Å²) in [6.07, 6.45) is 8.90. The van der Waals surface area contributed by atoms with Crippen LogP contribution in [0, 0.1) is 0 Å². The molecule has 0 aromatic heterocycles. The maximum absolute atomic E-state index is 3.88. The number of allylic oxidation sites excluding steroid dienone is 6. The molecule has 0 N–H and O–H groups in total. The molecule has 0 aliphatic heterocycles. The molecule has 0 aliphatic rings. The summed E-state index contributed by atoms with van der Waals surface area (Å²) in [6, 6.07) is 0. The molecule has 0 heterocycles. The highest BCUT2D eigenvalue weighted by molar-refractivity contribution is 5.37. The fraction of sp³-hybridized carbons (Fsp3) is 0.273. The molecule has 0 amide bonds. The highest BCUT2D eigenvalue weighted by atomic mass is 14.0. The van der Waals surface area contributed by atoms with Gasteiger partial charge in [-0.2, -0.15) is 0 Å².